The second-order valence-corrected chi connectivity index (χ2v) is 18.1. The summed E-state index contributed by atoms with van der Waals surface area (Å²) in [7, 11) is 0. The SMILES string of the molecule is c1ccc(-n2c3ccc(-c4ccc5c(c4)c4c6ccccc6ccc4n5-c4ccc5cc(-c6cc7c8c(cccc8c6)-c6ccccc6-7)ccc5c4)cc3c3ccc4ccccc4c32)cc1. The van der Waals surface area contributed by atoms with E-state index in [0.29, 0.717) is 0 Å². The van der Waals surface area contributed by atoms with Gasteiger partial charge in [0.25, 0.3) is 0 Å². The summed E-state index contributed by atoms with van der Waals surface area (Å²) in [5, 5.41) is 15.2. The predicted octanol–water partition coefficient (Wildman–Crippen LogP) is 17.5. The van der Waals surface area contributed by atoms with E-state index in [1.807, 2.05) is 0 Å². The van der Waals surface area contributed by atoms with Crippen molar-refractivity contribution in [1.29, 1.82) is 0 Å². The maximum absolute atomic E-state index is 2.47. The minimum Gasteiger partial charge on any atom is -0.309 e. The highest BCUT2D eigenvalue weighted by atomic mass is 15.0. The molecule has 0 atom stereocenters. The van der Waals surface area contributed by atoms with Gasteiger partial charge in [-0.1, -0.05) is 158 Å². The summed E-state index contributed by atoms with van der Waals surface area (Å²) in [6.07, 6.45) is 0. The molecule has 0 fully saturated rings. The number of benzene rings is 12. The Labute approximate surface area is 380 Å². The molecule has 2 aromatic heterocycles. The third-order valence-corrected chi connectivity index (χ3v) is 14.6. The summed E-state index contributed by atoms with van der Waals surface area (Å²) in [6.45, 7) is 0. The van der Waals surface area contributed by atoms with Crippen LogP contribution in [0.25, 0.3) is 143 Å². The van der Waals surface area contributed by atoms with E-state index >= 15 is 0 Å². The second-order valence-electron chi connectivity index (χ2n) is 18.1. The highest BCUT2D eigenvalue weighted by Crippen LogP contribution is 2.49. The third-order valence-electron chi connectivity index (χ3n) is 14.6. The lowest BCUT2D eigenvalue weighted by atomic mass is 9.95. The lowest BCUT2D eigenvalue weighted by molar-refractivity contribution is 1.19. The van der Waals surface area contributed by atoms with Crippen LogP contribution >= 0.6 is 0 Å². The summed E-state index contributed by atoms with van der Waals surface area (Å²) < 4.78 is 4.91. The normalized spacial score (nSPS) is 12.2. The molecular weight excluding hydrogens is 797 g/mol. The molecule has 1 aliphatic carbocycles. The Bertz CT molecular complexity index is 4390. The van der Waals surface area contributed by atoms with Crippen LogP contribution in [0.1, 0.15) is 0 Å². The minimum atomic E-state index is 1.16. The molecule has 1 aliphatic rings. The quantitative estimate of drug-likeness (QED) is 0.167. The first-order valence-corrected chi connectivity index (χ1v) is 22.9. The van der Waals surface area contributed by atoms with Gasteiger partial charge >= 0.3 is 0 Å². The van der Waals surface area contributed by atoms with Gasteiger partial charge in [0.15, 0.2) is 0 Å². The van der Waals surface area contributed by atoms with E-state index in [4.69, 9.17) is 0 Å². The number of hydrogen-bond donors (Lipinski definition) is 0. The summed E-state index contributed by atoms with van der Waals surface area (Å²) in [5.41, 5.74) is 17.4. The van der Waals surface area contributed by atoms with Crippen LogP contribution in [0.15, 0.2) is 231 Å². The molecule has 2 nitrogen and oxygen atoms in total. The second kappa shape index (κ2) is 13.4. The lowest BCUT2D eigenvalue weighted by Gasteiger charge is -2.12. The van der Waals surface area contributed by atoms with Crippen LogP contribution in [0, 0.1) is 0 Å². The molecule has 12 aromatic carbocycles. The van der Waals surface area contributed by atoms with Crippen molar-refractivity contribution in [3.8, 4) is 55.9 Å². The van der Waals surface area contributed by atoms with Crippen LogP contribution in [-0.4, -0.2) is 9.13 Å². The molecule has 2 heteroatoms. The third kappa shape index (κ3) is 5.01. The van der Waals surface area contributed by atoms with E-state index in [1.54, 1.807) is 0 Å². The smallest absolute Gasteiger partial charge is 0.0619 e. The molecular formula is C64H38N2. The number of nitrogens with zero attached hydrogens (tertiary/aromatic N) is 2. The van der Waals surface area contributed by atoms with E-state index < -0.39 is 0 Å². The standard InChI is InChI=1S/C64H38N2/c1-2-14-48(15-3-1)66-59-30-26-44(36-56(59)55-29-24-40-12-5-7-17-51(40)64(55)66)45-27-31-60-58(37-45)63-50-16-6-4-11-39(50)25-32-61(63)65(60)49-28-23-41-33-42(21-22-43(41)35-49)47-34-46-13-10-20-54-52-18-8-9-19-53(52)57(38-47)62(46)54/h1-38H. The Morgan fingerprint density at radius 3 is 1.65 bits per heavy atom. The molecule has 0 unspecified atom stereocenters. The van der Waals surface area contributed by atoms with E-state index in [0.717, 1.165) is 5.69 Å². The van der Waals surface area contributed by atoms with E-state index in [-0.39, 0.29) is 0 Å². The van der Waals surface area contributed by atoms with Gasteiger partial charge < -0.3 is 9.13 Å². The molecule has 15 rings (SSSR count). The first kappa shape index (κ1) is 35.7. The maximum Gasteiger partial charge on any atom is 0.0619 e. The van der Waals surface area contributed by atoms with Gasteiger partial charge in [0.2, 0.25) is 0 Å². The zero-order valence-corrected chi connectivity index (χ0v) is 35.8. The van der Waals surface area contributed by atoms with Crippen LogP contribution in [-0.2, 0) is 0 Å². The van der Waals surface area contributed by atoms with E-state index in [2.05, 4.69) is 240 Å². The van der Waals surface area contributed by atoms with Crippen molar-refractivity contribution < 1.29 is 0 Å². The molecule has 0 amide bonds. The highest BCUT2D eigenvalue weighted by molar-refractivity contribution is 6.23. The summed E-state index contributed by atoms with van der Waals surface area (Å²) in [5.74, 6) is 0. The molecule has 0 bridgehead atoms. The summed E-state index contributed by atoms with van der Waals surface area (Å²) in [4.78, 5) is 0. The van der Waals surface area contributed by atoms with Crippen LogP contribution in [0.5, 0.6) is 0 Å². The van der Waals surface area contributed by atoms with Crippen molar-refractivity contribution in [2.45, 2.75) is 0 Å². The van der Waals surface area contributed by atoms with Gasteiger partial charge in [-0.25, -0.2) is 0 Å². The molecule has 2 heterocycles. The molecule has 0 aliphatic heterocycles. The molecule has 304 valence electrons. The molecule has 0 spiro atoms. The number of para-hydroxylation sites is 1. The molecule has 0 saturated heterocycles. The monoisotopic (exact) mass is 834 g/mol. The van der Waals surface area contributed by atoms with Gasteiger partial charge in [0.1, 0.15) is 0 Å². The van der Waals surface area contributed by atoms with Gasteiger partial charge in [-0.15, -0.1) is 0 Å². The number of rotatable bonds is 4. The zero-order chi connectivity index (χ0) is 43.0. The van der Waals surface area contributed by atoms with Gasteiger partial charge in [-0.05, 0) is 155 Å². The average molecular weight is 835 g/mol. The lowest BCUT2D eigenvalue weighted by Crippen LogP contribution is -1.94. The fraction of sp³-hybridized carbons (Fsp3) is 0. The highest BCUT2D eigenvalue weighted by Gasteiger charge is 2.23. The zero-order valence-electron chi connectivity index (χ0n) is 35.8. The Balaban J connectivity index is 0.887. The topological polar surface area (TPSA) is 9.86 Å². The molecule has 0 radical (unpaired) electrons. The first-order chi connectivity index (χ1) is 32.7. The molecule has 14 aromatic rings. The molecule has 66 heavy (non-hydrogen) atoms. The Morgan fingerprint density at radius 2 is 0.803 bits per heavy atom. The Hall–Kier alpha value is -8.72. The van der Waals surface area contributed by atoms with Crippen molar-refractivity contribution in [2.24, 2.45) is 0 Å². The maximum atomic E-state index is 2.47. The number of aromatic nitrogens is 2. The fourth-order valence-corrected chi connectivity index (χ4v) is 11.6. The van der Waals surface area contributed by atoms with Gasteiger partial charge in [0.05, 0.1) is 22.1 Å². The Morgan fingerprint density at radius 1 is 0.227 bits per heavy atom. The average Bonchev–Trinajstić information content (AvgIpc) is 4.02. The molecule has 0 N–H and O–H groups in total. The largest absolute Gasteiger partial charge is 0.309 e. The Kier molecular flexibility index (Phi) is 7.25. The van der Waals surface area contributed by atoms with Crippen LogP contribution < -0.4 is 0 Å². The van der Waals surface area contributed by atoms with Crippen molar-refractivity contribution in [1.82, 2.24) is 9.13 Å². The van der Waals surface area contributed by atoms with Crippen molar-refractivity contribution in [3.05, 3.63) is 231 Å². The van der Waals surface area contributed by atoms with E-state index in [9.17, 15) is 0 Å². The summed E-state index contributed by atoms with van der Waals surface area (Å²) in [6, 6.07) is 85.9. The number of fused-ring (bicyclic) bond motifs is 14. The van der Waals surface area contributed by atoms with Crippen molar-refractivity contribution >= 4 is 86.7 Å². The van der Waals surface area contributed by atoms with Crippen molar-refractivity contribution in [3.63, 3.8) is 0 Å². The van der Waals surface area contributed by atoms with Gasteiger partial charge in [0, 0.05) is 38.3 Å². The fourth-order valence-electron chi connectivity index (χ4n) is 11.6. The van der Waals surface area contributed by atoms with Crippen LogP contribution in [0.4, 0.5) is 0 Å². The van der Waals surface area contributed by atoms with Crippen LogP contribution in [0.2, 0.25) is 0 Å². The minimum absolute atomic E-state index is 1.16. The molecule has 0 saturated carbocycles. The van der Waals surface area contributed by atoms with Gasteiger partial charge in [-0.2, -0.15) is 0 Å². The number of hydrogen-bond acceptors (Lipinski definition) is 0. The van der Waals surface area contributed by atoms with Crippen LogP contribution in [0.3, 0.4) is 0 Å². The predicted molar refractivity (Wildman–Crippen MR) is 280 cm³/mol. The van der Waals surface area contributed by atoms with Gasteiger partial charge in [-0.3, -0.25) is 0 Å². The van der Waals surface area contributed by atoms with E-state index in [1.165, 1.54) is 137 Å². The van der Waals surface area contributed by atoms with Crippen molar-refractivity contribution in [2.75, 3.05) is 0 Å². The summed E-state index contributed by atoms with van der Waals surface area (Å²) >= 11 is 0. The first-order valence-electron chi connectivity index (χ1n) is 22.9.